The van der Waals surface area contributed by atoms with Crippen molar-refractivity contribution in [2.24, 2.45) is 0 Å². The maximum atomic E-state index is 12.6. The summed E-state index contributed by atoms with van der Waals surface area (Å²) < 4.78 is 36.6. The molecule has 3 fully saturated rings. The molecule has 12 atom stereocenters. The SMILES string of the molecule is CC(C)=C/C=C/C(C)=C/C=C/C=C(C)/C=C/C=C(\C)C(=O)OC1OC(COC2OC(CO)C3OC3C2O)C(O)C(O)C1O.COC(CC(=O)O)[C@@H](CCO)OC=O.O=C/C=C/c1ccc(O)c(O)c1. The Morgan fingerprint density at radius 1 is 0.725 bits per heavy atom. The molecular formula is C49H66O20. The van der Waals surface area contributed by atoms with Crippen molar-refractivity contribution in [2.75, 3.05) is 26.9 Å². The number of fused-ring (bicyclic) bond motifs is 1. The smallest absolute Gasteiger partial charge is 0.336 e. The molecule has 4 rings (SSSR count). The number of aromatic hydroxyl groups is 2. The Bertz CT molecular complexity index is 2030. The molecular weight excluding hydrogens is 909 g/mol. The van der Waals surface area contributed by atoms with Gasteiger partial charge in [0.05, 0.1) is 19.6 Å². The van der Waals surface area contributed by atoms with E-state index in [0.717, 1.165) is 11.1 Å². The van der Waals surface area contributed by atoms with Gasteiger partial charge in [0.25, 0.3) is 6.47 Å². The van der Waals surface area contributed by atoms with E-state index in [4.69, 9.17) is 48.8 Å². The van der Waals surface area contributed by atoms with Crippen molar-refractivity contribution < 1.29 is 98.3 Å². The number of carbonyl (C=O) groups is 4. The number of ether oxygens (including phenoxy) is 7. The van der Waals surface area contributed by atoms with Crippen molar-refractivity contribution in [3.8, 4) is 11.5 Å². The number of aliphatic carboxylic acids is 1. The Morgan fingerprint density at radius 3 is 1.91 bits per heavy atom. The lowest BCUT2D eigenvalue weighted by Crippen LogP contribution is -2.60. The van der Waals surface area contributed by atoms with Crippen LogP contribution in [-0.2, 0) is 52.3 Å². The first-order valence-corrected chi connectivity index (χ1v) is 21.7. The van der Waals surface area contributed by atoms with E-state index in [9.17, 15) is 44.7 Å². The van der Waals surface area contributed by atoms with Gasteiger partial charge in [-0.15, -0.1) is 0 Å². The number of methoxy groups -OCH3 is 1. The van der Waals surface area contributed by atoms with Crippen LogP contribution in [0.1, 0.15) is 53.0 Å². The average molecular weight is 975 g/mol. The molecule has 3 aliphatic rings. The summed E-state index contributed by atoms with van der Waals surface area (Å²) in [7, 11) is 1.33. The molecule has 20 heteroatoms. The van der Waals surface area contributed by atoms with Crippen LogP contribution in [0.3, 0.4) is 0 Å². The fourth-order valence-corrected chi connectivity index (χ4v) is 6.22. The van der Waals surface area contributed by atoms with Gasteiger partial charge in [-0.05, 0) is 58.4 Å². The van der Waals surface area contributed by atoms with E-state index in [2.05, 4.69) is 4.74 Å². The third-order valence-corrected chi connectivity index (χ3v) is 10.1. The molecule has 11 unspecified atom stereocenters. The number of benzene rings is 1. The number of carboxylic acid groups (broad SMARTS) is 1. The summed E-state index contributed by atoms with van der Waals surface area (Å²) in [6.07, 6.45) is 9.01. The lowest BCUT2D eigenvalue weighted by Gasteiger charge is -2.40. The molecule has 382 valence electrons. The molecule has 3 aliphatic heterocycles. The zero-order valence-electron chi connectivity index (χ0n) is 39.3. The third-order valence-electron chi connectivity index (χ3n) is 10.1. The van der Waals surface area contributed by atoms with Crippen LogP contribution in [0.15, 0.2) is 107 Å². The summed E-state index contributed by atoms with van der Waals surface area (Å²) in [6, 6.07) is 4.32. The highest BCUT2D eigenvalue weighted by Crippen LogP contribution is 2.38. The molecule has 1 aromatic carbocycles. The second kappa shape index (κ2) is 31.5. The van der Waals surface area contributed by atoms with Gasteiger partial charge in [0.15, 0.2) is 17.8 Å². The Morgan fingerprint density at radius 2 is 1.36 bits per heavy atom. The molecule has 0 aliphatic carbocycles. The van der Waals surface area contributed by atoms with Crippen molar-refractivity contribution in [1.29, 1.82) is 0 Å². The number of carboxylic acids is 1. The van der Waals surface area contributed by atoms with Crippen LogP contribution in [-0.4, -0.2) is 171 Å². The first-order valence-electron chi connectivity index (χ1n) is 21.7. The normalized spacial score (nSPS) is 26.8. The Labute approximate surface area is 400 Å². The van der Waals surface area contributed by atoms with Gasteiger partial charge >= 0.3 is 11.9 Å². The Kier molecular flexibility index (Phi) is 27.2. The highest BCUT2D eigenvalue weighted by molar-refractivity contribution is 5.88. The summed E-state index contributed by atoms with van der Waals surface area (Å²) in [5.41, 5.74) is 4.15. The molecule has 69 heavy (non-hydrogen) atoms. The fourth-order valence-electron chi connectivity index (χ4n) is 6.22. The molecule has 3 heterocycles. The van der Waals surface area contributed by atoms with Gasteiger partial charge in [0.2, 0.25) is 6.29 Å². The number of rotatable bonds is 22. The molecule has 1 aromatic rings. The van der Waals surface area contributed by atoms with Crippen LogP contribution in [0.5, 0.6) is 11.5 Å². The number of epoxide rings is 1. The second-order valence-corrected chi connectivity index (χ2v) is 16.0. The number of phenolic OH excluding ortho intramolecular Hbond substituents is 2. The minimum atomic E-state index is -1.72. The number of esters is 1. The minimum absolute atomic E-state index is 0.157. The summed E-state index contributed by atoms with van der Waals surface area (Å²) in [4.78, 5) is 43.1. The van der Waals surface area contributed by atoms with Crippen LogP contribution >= 0.6 is 0 Å². The van der Waals surface area contributed by atoms with Crippen LogP contribution in [0.4, 0.5) is 0 Å². The highest BCUT2D eigenvalue weighted by Gasteiger charge is 2.58. The van der Waals surface area contributed by atoms with E-state index in [1.54, 1.807) is 12.1 Å². The van der Waals surface area contributed by atoms with Gasteiger partial charge in [0, 0.05) is 25.7 Å². The lowest BCUT2D eigenvalue weighted by atomic mass is 9.99. The van der Waals surface area contributed by atoms with Gasteiger partial charge in [-0.1, -0.05) is 89.6 Å². The summed E-state index contributed by atoms with van der Waals surface area (Å²) in [5.74, 6) is -2.20. The van der Waals surface area contributed by atoms with Crippen LogP contribution in [0.2, 0.25) is 0 Å². The largest absolute Gasteiger partial charge is 0.504 e. The standard InChI is InChI=1S/C32H44O11.C9H8O3.C8H14O6/c1-18(2)10-8-13-19(3)11-6-7-12-20(4)14-9-15-21(5)30(38)43-32-26(36)25(35)24(34)23(41-32)17-39-31-27(37)29-28(42-29)22(16-33)40-31;10-5-1-2-7-3-4-8(11)9(12)6-7;1-13-7(4-8(11)12)6(2-3-9)14-5-10/h6-15,22-29,31-37H,16-17H2,1-5H3;1-6,11-12H;5-7,9H,2-4H2,1H3,(H,11,12)/b7-6+,13-8+,14-9+,19-11+,20-12+,21-15+;2-1+;/t;;6-,7?/m..1/s1. The van der Waals surface area contributed by atoms with Crippen LogP contribution in [0, 0.1) is 0 Å². The number of allylic oxidation sites excluding steroid dienone is 14. The zero-order chi connectivity index (χ0) is 51.6. The number of hydrogen-bond acceptors (Lipinski definition) is 19. The number of aliphatic hydroxyl groups is 6. The summed E-state index contributed by atoms with van der Waals surface area (Å²) in [6.45, 7) is 8.84. The van der Waals surface area contributed by atoms with Gasteiger partial charge in [-0.25, -0.2) is 4.79 Å². The number of aliphatic hydroxyl groups excluding tert-OH is 6. The minimum Gasteiger partial charge on any atom is -0.504 e. The fraction of sp³-hybridized carbons (Fsp3) is 0.469. The third kappa shape index (κ3) is 21.3. The molecule has 3 saturated heterocycles. The van der Waals surface area contributed by atoms with E-state index in [0.29, 0.717) is 11.8 Å². The highest BCUT2D eigenvalue weighted by atomic mass is 16.8. The Hall–Kier alpha value is -5.62. The van der Waals surface area contributed by atoms with E-state index in [1.165, 1.54) is 50.0 Å². The predicted octanol–water partition coefficient (Wildman–Crippen LogP) is 2.38. The quantitative estimate of drug-likeness (QED) is 0.0201. The average Bonchev–Trinajstić information content (AvgIpc) is 4.12. The molecule has 0 saturated carbocycles. The van der Waals surface area contributed by atoms with E-state index >= 15 is 0 Å². The van der Waals surface area contributed by atoms with Crippen molar-refractivity contribution in [1.82, 2.24) is 0 Å². The maximum Gasteiger partial charge on any atom is 0.336 e. The second-order valence-electron chi connectivity index (χ2n) is 16.0. The van der Waals surface area contributed by atoms with Crippen molar-refractivity contribution >= 4 is 30.8 Å². The van der Waals surface area contributed by atoms with Crippen molar-refractivity contribution in [2.45, 2.75) is 121 Å². The van der Waals surface area contributed by atoms with Crippen molar-refractivity contribution in [3.63, 3.8) is 0 Å². The predicted molar refractivity (Wildman–Crippen MR) is 248 cm³/mol. The van der Waals surface area contributed by atoms with Gasteiger partial charge in [-0.3, -0.25) is 14.4 Å². The first-order chi connectivity index (χ1) is 32.8. The lowest BCUT2D eigenvalue weighted by molar-refractivity contribution is -0.308. The topological polar surface area (TPSA) is 318 Å². The summed E-state index contributed by atoms with van der Waals surface area (Å²) >= 11 is 0. The summed E-state index contributed by atoms with van der Waals surface area (Å²) in [5, 5.41) is 85.9. The molecule has 0 radical (unpaired) electrons. The van der Waals surface area contributed by atoms with Gasteiger partial charge in [0.1, 0.15) is 67.3 Å². The van der Waals surface area contributed by atoms with Crippen LogP contribution < -0.4 is 0 Å². The zero-order valence-corrected chi connectivity index (χ0v) is 39.3. The van der Waals surface area contributed by atoms with E-state index in [1.807, 2.05) is 76.3 Å². The first kappa shape index (κ1) is 59.5. The Balaban J connectivity index is 0.000000508. The molecule has 0 amide bonds. The molecule has 0 aromatic heterocycles. The van der Waals surface area contributed by atoms with Crippen LogP contribution in [0.25, 0.3) is 6.08 Å². The van der Waals surface area contributed by atoms with Crippen molar-refractivity contribution in [3.05, 3.63) is 113 Å². The molecule has 0 bridgehead atoms. The van der Waals surface area contributed by atoms with Gasteiger partial charge in [-0.2, -0.15) is 0 Å². The maximum absolute atomic E-state index is 12.6. The molecule has 20 nitrogen and oxygen atoms in total. The monoisotopic (exact) mass is 974 g/mol. The van der Waals surface area contributed by atoms with Gasteiger partial charge < -0.3 is 79.1 Å². The number of hydrogen-bond donors (Lipinski definition) is 9. The van der Waals surface area contributed by atoms with E-state index in [-0.39, 0.29) is 56.2 Å². The number of carbonyl (C=O) groups excluding carboxylic acids is 3. The number of aldehydes is 1. The number of phenols is 2. The molecule has 0 spiro atoms. The molecule has 9 N–H and O–H groups in total. The van der Waals surface area contributed by atoms with E-state index < -0.39 is 85.6 Å².